The van der Waals surface area contributed by atoms with Crippen LogP contribution in [0.3, 0.4) is 0 Å². The SMILES string of the molecule is CC(=O)c1cccc(S(=O)(=O)Nc2ccc(C(=O)NC3CC3)cc2)c1. The van der Waals surface area contributed by atoms with Crippen LogP contribution in [0.5, 0.6) is 0 Å². The molecule has 0 heterocycles. The summed E-state index contributed by atoms with van der Waals surface area (Å²) in [5.41, 5.74) is 1.15. The van der Waals surface area contributed by atoms with Gasteiger partial charge in [-0.25, -0.2) is 8.42 Å². The van der Waals surface area contributed by atoms with Crippen LogP contribution in [-0.4, -0.2) is 26.2 Å². The maximum absolute atomic E-state index is 12.4. The molecule has 0 unspecified atom stereocenters. The number of anilines is 1. The van der Waals surface area contributed by atoms with Gasteiger partial charge in [-0.05, 0) is 56.2 Å². The average molecular weight is 358 g/mol. The Balaban J connectivity index is 1.75. The molecule has 1 fully saturated rings. The summed E-state index contributed by atoms with van der Waals surface area (Å²) < 4.78 is 27.3. The Hall–Kier alpha value is -2.67. The number of sulfonamides is 1. The van der Waals surface area contributed by atoms with E-state index >= 15 is 0 Å². The summed E-state index contributed by atoms with van der Waals surface area (Å²) in [7, 11) is -3.81. The van der Waals surface area contributed by atoms with Crippen molar-refractivity contribution in [1.82, 2.24) is 5.32 Å². The van der Waals surface area contributed by atoms with E-state index < -0.39 is 10.0 Å². The summed E-state index contributed by atoms with van der Waals surface area (Å²) in [5, 5.41) is 2.87. The Morgan fingerprint density at radius 1 is 1.00 bits per heavy atom. The largest absolute Gasteiger partial charge is 0.349 e. The fourth-order valence-corrected chi connectivity index (χ4v) is 3.39. The Morgan fingerprint density at radius 3 is 2.28 bits per heavy atom. The first-order chi connectivity index (χ1) is 11.8. The van der Waals surface area contributed by atoms with Gasteiger partial charge in [0.25, 0.3) is 15.9 Å². The highest BCUT2D eigenvalue weighted by Gasteiger charge is 2.23. The van der Waals surface area contributed by atoms with Gasteiger partial charge in [-0.3, -0.25) is 14.3 Å². The van der Waals surface area contributed by atoms with Gasteiger partial charge in [-0.15, -0.1) is 0 Å². The molecule has 7 heteroatoms. The molecular weight excluding hydrogens is 340 g/mol. The van der Waals surface area contributed by atoms with Crippen molar-refractivity contribution in [2.75, 3.05) is 4.72 Å². The van der Waals surface area contributed by atoms with Crippen LogP contribution in [0, 0.1) is 0 Å². The molecule has 1 aliphatic rings. The molecule has 0 spiro atoms. The number of carbonyl (C=O) groups excluding carboxylic acids is 2. The quantitative estimate of drug-likeness (QED) is 0.776. The molecule has 2 N–H and O–H groups in total. The van der Waals surface area contributed by atoms with E-state index in [4.69, 9.17) is 0 Å². The summed E-state index contributed by atoms with van der Waals surface area (Å²) in [5.74, 6) is -0.367. The van der Waals surface area contributed by atoms with Gasteiger partial charge in [0.15, 0.2) is 5.78 Å². The summed E-state index contributed by atoms with van der Waals surface area (Å²) in [6.45, 7) is 1.38. The Bertz CT molecular complexity index is 916. The van der Waals surface area contributed by atoms with E-state index in [0.29, 0.717) is 16.8 Å². The van der Waals surface area contributed by atoms with Crippen LogP contribution < -0.4 is 10.0 Å². The molecular formula is C18H18N2O4S. The predicted molar refractivity (Wildman–Crippen MR) is 94.2 cm³/mol. The molecule has 1 saturated carbocycles. The topological polar surface area (TPSA) is 92.3 Å². The number of amides is 1. The molecule has 3 rings (SSSR count). The first kappa shape index (κ1) is 17.2. The maximum Gasteiger partial charge on any atom is 0.261 e. The number of Topliss-reactive ketones (excluding diaryl/α,β-unsaturated/α-hetero) is 1. The van der Waals surface area contributed by atoms with Crippen molar-refractivity contribution in [2.24, 2.45) is 0 Å². The van der Waals surface area contributed by atoms with E-state index in [0.717, 1.165) is 12.8 Å². The highest BCUT2D eigenvalue weighted by atomic mass is 32.2. The lowest BCUT2D eigenvalue weighted by atomic mass is 10.2. The van der Waals surface area contributed by atoms with Gasteiger partial charge >= 0.3 is 0 Å². The molecule has 2 aromatic rings. The van der Waals surface area contributed by atoms with Crippen molar-refractivity contribution >= 4 is 27.4 Å². The molecule has 25 heavy (non-hydrogen) atoms. The molecule has 0 saturated heterocycles. The highest BCUT2D eigenvalue weighted by molar-refractivity contribution is 7.92. The zero-order valence-corrected chi connectivity index (χ0v) is 14.5. The van der Waals surface area contributed by atoms with Crippen molar-refractivity contribution in [3.63, 3.8) is 0 Å². The van der Waals surface area contributed by atoms with E-state index in [9.17, 15) is 18.0 Å². The van der Waals surface area contributed by atoms with Crippen LogP contribution in [0.2, 0.25) is 0 Å². The Kier molecular flexibility index (Phi) is 4.59. The zero-order chi connectivity index (χ0) is 18.0. The second-order valence-electron chi connectivity index (χ2n) is 6.01. The van der Waals surface area contributed by atoms with Crippen molar-refractivity contribution < 1.29 is 18.0 Å². The fraction of sp³-hybridized carbons (Fsp3) is 0.222. The summed E-state index contributed by atoms with van der Waals surface area (Å²) in [6.07, 6.45) is 2.01. The third-order valence-electron chi connectivity index (χ3n) is 3.86. The zero-order valence-electron chi connectivity index (χ0n) is 13.7. The van der Waals surface area contributed by atoms with Gasteiger partial charge < -0.3 is 5.32 Å². The molecule has 0 aromatic heterocycles. The van der Waals surface area contributed by atoms with Gasteiger partial charge in [-0.1, -0.05) is 12.1 Å². The summed E-state index contributed by atoms with van der Waals surface area (Å²) in [4.78, 5) is 23.4. The number of rotatable bonds is 6. The molecule has 130 valence electrons. The third-order valence-corrected chi connectivity index (χ3v) is 5.24. The van der Waals surface area contributed by atoms with Crippen molar-refractivity contribution in [3.8, 4) is 0 Å². The normalized spacial score (nSPS) is 14.0. The predicted octanol–water partition coefficient (Wildman–Crippen LogP) is 2.58. The summed E-state index contributed by atoms with van der Waals surface area (Å²) in [6, 6.07) is 12.3. The monoisotopic (exact) mass is 358 g/mol. The van der Waals surface area contributed by atoms with Crippen LogP contribution in [-0.2, 0) is 10.0 Å². The minimum Gasteiger partial charge on any atom is -0.349 e. The molecule has 6 nitrogen and oxygen atoms in total. The molecule has 1 amide bonds. The number of carbonyl (C=O) groups is 2. The number of benzene rings is 2. The number of nitrogens with one attached hydrogen (secondary N) is 2. The third kappa shape index (κ3) is 4.24. The van der Waals surface area contributed by atoms with E-state index in [1.807, 2.05) is 0 Å². The number of ketones is 1. The maximum atomic E-state index is 12.4. The van der Waals surface area contributed by atoms with Gasteiger partial charge in [0, 0.05) is 22.9 Å². The van der Waals surface area contributed by atoms with Crippen LogP contribution in [0.4, 0.5) is 5.69 Å². The van der Waals surface area contributed by atoms with Gasteiger partial charge in [0.2, 0.25) is 0 Å². The minimum atomic E-state index is -3.81. The van der Waals surface area contributed by atoms with Crippen LogP contribution >= 0.6 is 0 Å². The van der Waals surface area contributed by atoms with Crippen molar-refractivity contribution in [1.29, 1.82) is 0 Å². The van der Waals surface area contributed by atoms with E-state index in [1.165, 1.54) is 37.3 Å². The average Bonchev–Trinajstić information content (AvgIpc) is 3.39. The van der Waals surface area contributed by atoms with Gasteiger partial charge in [-0.2, -0.15) is 0 Å². The lowest BCUT2D eigenvalue weighted by Crippen LogP contribution is -2.25. The molecule has 0 atom stereocenters. The second-order valence-corrected chi connectivity index (χ2v) is 7.70. The van der Waals surface area contributed by atoms with Crippen LogP contribution in [0.15, 0.2) is 53.4 Å². The lowest BCUT2D eigenvalue weighted by molar-refractivity contribution is 0.0950. The Labute approximate surface area is 146 Å². The second kappa shape index (κ2) is 6.68. The first-order valence-electron chi connectivity index (χ1n) is 7.90. The van der Waals surface area contributed by atoms with E-state index in [2.05, 4.69) is 10.0 Å². The molecule has 0 aliphatic heterocycles. The van der Waals surface area contributed by atoms with Gasteiger partial charge in [0.05, 0.1) is 4.90 Å². The molecule has 2 aromatic carbocycles. The lowest BCUT2D eigenvalue weighted by Gasteiger charge is -2.10. The summed E-state index contributed by atoms with van der Waals surface area (Å²) >= 11 is 0. The van der Waals surface area contributed by atoms with Crippen LogP contribution in [0.25, 0.3) is 0 Å². The molecule has 0 bridgehead atoms. The standard InChI is InChI=1S/C18H18N2O4S/c1-12(21)14-3-2-4-17(11-14)25(23,24)20-16-7-5-13(6-8-16)18(22)19-15-9-10-15/h2-8,11,15,20H,9-10H2,1H3,(H,19,22). The van der Waals surface area contributed by atoms with E-state index in [1.54, 1.807) is 18.2 Å². The molecule has 0 radical (unpaired) electrons. The van der Waals surface area contributed by atoms with Crippen molar-refractivity contribution in [3.05, 3.63) is 59.7 Å². The number of hydrogen-bond acceptors (Lipinski definition) is 4. The van der Waals surface area contributed by atoms with Gasteiger partial charge in [0.1, 0.15) is 0 Å². The Morgan fingerprint density at radius 2 is 1.68 bits per heavy atom. The smallest absolute Gasteiger partial charge is 0.261 e. The number of hydrogen-bond donors (Lipinski definition) is 2. The minimum absolute atomic E-state index is 0.00996. The molecule has 1 aliphatic carbocycles. The van der Waals surface area contributed by atoms with Crippen LogP contribution in [0.1, 0.15) is 40.5 Å². The fourth-order valence-electron chi connectivity index (χ4n) is 2.28. The first-order valence-corrected chi connectivity index (χ1v) is 9.38. The highest BCUT2D eigenvalue weighted by Crippen LogP contribution is 2.21. The van der Waals surface area contributed by atoms with E-state index in [-0.39, 0.29) is 22.6 Å². The van der Waals surface area contributed by atoms with Crippen molar-refractivity contribution in [2.45, 2.75) is 30.7 Å².